The molecule has 1 aromatic rings. The molecule has 0 saturated carbocycles. The predicted molar refractivity (Wildman–Crippen MR) is 78.6 cm³/mol. The summed E-state index contributed by atoms with van der Waals surface area (Å²) in [6.07, 6.45) is 0.372. The van der Waals surface area contributed by atoms with Crippen molar-refractivity contribution in [1.29, 1.82) is 5.26 Å². The van der Waals surface area contributed by atoms with Gasteiger partial charge in [0.2, 0.25) is 0 Å². The molecule has 0 heterocycles. The SMILES string of the molecule is CCOC(=O)CCN(CCC#N)C(=O)c1cccc(C)c1. The average Bonchev–Trinajstić information content (AvgIpc) is 2.47. The molecule has 0 atom stereocenters. The number of nitriles is 1. The first-order valence-electron chi connectivity index (χ1n) is 6.97. The van der Waals surface area contributed by atoms with Crippen LogP contribution in [0.15, 0.2) is 24.3 Å². The van der Waals surface area contributed by atoms with Crippen molar-refractivity contribution in [3.8, 4) is 6.07 Å². The molecule has 5 nitrogen and oxygen atoms in total. The quantitative estimate of drug-likeness (QED) is 0.722. The van der Waals surface area contributed by atoms with Gasteiger partial charge in [-0.25, -0.2) is 0 Å². The van der Waals surface area contributed by atoms with Crippen LogP contribution >= 0.6 is 0 Å². The molecule has 21 heavy (non-hydrogen) atoms. The van der Waals surface area contributed by atoms with Gasteiger partial charge in [0.15, 0.2) is 0 Å². The van der Waals surface area contributed by atoms with Gasteiger partial charge in [-0.1, -0.05) is 17.7 Å². The third-order valence-electron chi connectivity index (χ3n) is 2.94. The summed E-state index contributed by atoms with van der Waals surface area (Å²) in [4.78, 5) is 25.4. The van der Waals surface area contributed by atoms with Crippen molar-refractivity contribution in [3.63, 3.8) is 0 Å². The number of hydrogen-bond acceptors (Lipinski definition) is 4. The Kier molecular flexibility index (Phi) is 6.96. The number of hydrogen-bond donors (Lipinski definition) is 0. The van der Waals surface area contributed by atoms with Crippen LogP contribution in [-0.2, 0) is 9.53 Å². The van der Waals surface area contributed by atoms with E-state index in [1.165, 1.54) is 4.90 Å². The molecule has 0 bridgehead atoms. The zero-order chi connectivity index (χ0) is 15.7. The number of amides is 1. The second-order valence-electron chi connectivity index (χ2n) is 4.62. The summed E-state index contributed by atoms with van der Waals surface area (Å²) >= 11 is 0. The topological polar surface area (TPSA) is 70.4 Å². The van der Waals surface area contributed by atoms with E-state index in [1.807, 2.05) is 25.1 Å². The number of nitrogens with zero attached hydrogens (tertiary/aromatic N) is 2. The Morgan fingerprint density at radius 3 is 2.71 bits per heavy atom. The van der Waals surface area contributed by atoms with Gasteiger partial charge >= 0.3 is 5.97 Å². The van der Waals surface area contributed by atoms with E-state index >= 15 is 0 Å². The van der Waals surface area contributed by atoms with Gasteiger partial charge < -0.3 is 9.64 Å². The normalized spacial score (nSPS) is 9.76. The van der Waals surface area contributed by atoms with Crippen molar-refractivity contribution in [2.75, 3.05) is 19.7 Å². The van der Waals surface area contributed by atoms with Gasteiger partial charge in [0.05, 0.1) is 25.5 Å². The number of esters is 1. The highest BCUT2D eigenvalue weighted by Gasteiger charge is 2.17. The molecular formula is C16H20N2O3. The van der Waals surface area contributed by atoms with Gasteiger partial charge in [-0.2, -0.15) is 5.26 Å². The molecule has 0 aromatic heterocycles. The van der Waals surface area contributed by atoms with Crippen LogP contribution in [0, 0.1) is 18.3 Å². The summed E-state index contributed by atoms with van der Waals surface area (Å²) < 4.78 is 4.86. The highest BCUT2D eigenvalue weighted by Crippen LogP contribution is 2.09. The lowest BCUT2D eigenvalue weighted by atomic mass is 10.1. The number of aryl methyl sites for hydroxylation is 1. The first-order valence-corrected chi connectivity index (χ1v) is 6.97. The third-order valence-corrected chi connectivity index (χ3v) is 2.94. The molecule has 1 aromatic carbocycles. The fourth-order valence-electron chi connectivity index (χ4n) is 1.92. The summed E-state index contributed by atoms with van der Waals surface area (Å²) in [5.74, 6) is -0.505. The largest absolute Gasteiger partial charge is 0.466 e. The number of carbonyl (C=O) groups is 2. The van der Waals surface area contributed by atoms with E-state index in [0.29, 0.717) is 18.7 Å². The van der Waals surface area contributed by atoms with Gasteiger partial charge in [0.1, 0.15) is 0 Å². The zero-order valence-corrected chi connectivity index (χ0v) is 12.5. The molecule has 0 unspecified atom stereocenters. The van der Waals surface area contributed by atoms with E-state index in [0.717, 1.165) is 5.56 Å². The molecule has 112 valence electrons. The van der Waals surface area contributed by atoms with E-state index in [4.69, 9.17) is 10.00 Å². The number of carbonyl (C=O) groups excluding carboxylic acids is 2. The van der Waals surface area contributed by atoms with E-state index in [-0.39, 0.29) is 31.3 Å². The maximum absolute atomic E-state index is 12.4. The summed E-state index contributed by atoms with van der Waals surface area (Å²) in [5.41, 5.74) is 1.56. The number of ether oxygens (including phenoxy) is 1. The first-order chi connectivity index (χ1) is 10.1. The zero-order valence-electron chi connectivity index (χ0n) is 12.5. The monoisotopic (exact) mass is 288 g/mol. The van der Waals surface area contributed by atoms with Crippen LogP contribution in [0.1, 0.15) is 35.7 Å². The van der Waals surface area contributed by atoms with E-state index in [2.05, 4.69) is 0 Å². The van der Waals surface area contributed by atoms with Crippen molar-refractivity contribution >= 4 is 11.9 Å². The molecule has 1 rings (SSSR count). The average molecular weight is 288 g/mol. The van der Waals surface area contributed by atoms with Gasteiger partial charge in [0.25, 0.3) is 5.91 Å². The maximum atomic E-state index is 12.4. The Morgan fingerprint density at radius 1 is 1.33 bits per heavy atom. The summed E-state index contributed by atoms with van der Waals surface area (Å²) in [7, 11) is 0. The molecule has 0 aliphatic heterocycles. The molecule has 1 amide bonds. The van der Waals surface area contributed by atoms with E-state index in [1.54, 1.807) is 19.1 Å². The minimum Gasteiger partial charge on any atom is -0.466 e. The minimum atomic E-state index is -0.337. The standard InChI is InChI=1S/C16H20N2O3/c1-3-21-15(19)8-11-18(10-5-9-17)16(20)14-7-4-6-13(2)12-14/h4,6-7,12H,3,5,8,10-11H2,1-2H3. The van der Waals surface area contributed by atoms with Crippen LogP contribution in [0.3, 0.4) is 0 Å². The second-order valence-corrected chi connectivity index (χ2v) is 4.62. The van der Waals surface area contributed by atoms with Crippen LogP contribution in [0.2, 0.25) is 0 Å². The molecule has 0 radical (unpaired) electrons. The Bertz CT molecular complexity index is 535. The van der Waals surface area contributed by atoms with Crippen LogP contribution in [0.4, 0.5) is 0 Å². The van der Waals surface area contributed by atoms with Crippen molar-refractivity contribution in [3.05, 3.63) is 35.4 Å². The van der Waals surface area contributed by atoms with Crippen molar-refractivity contribution in [2.45, 2.75) is 26.7 Å². The van der Waals surface area contributed by atoms with Gasteiger partial charge in [-0.3, -0.25) is 9.59 Å². The lowest BCUT2D eigenvalue weighted by molar-refractivity contribution is -0.143. The molecule has 0 saturated heterocycles. The maximum Gasteiger partial charge on any atom is 0.307 e. The number of benzene rings is 1. The summed E-state index contributed by atoms with van der Waals surface area (Å²) in [6.45, 7) is 4.54. The highest BCUT2D eigenvalue weighted by molar-refractivity contribution is 5.94. The smallest absolute Gasteiger partial charge is 0.307 e. The van der Waals surface area contributed by atoms with Crippen LogP contribution < -0.4 is 0 Å². The Balaban J connectivity index is 2.74. The summed E-state index contributed by atoms with van der Waals surface area (Å²) in [6, 6.07) is 9.28. The Hall–Kier alpha value is -2.35. The third kappa shape index (κ3) is 5.65. The van der Waals surface area contributed by atoms with Crippen molar-refractivity contribution < 1.29 is 14.3 Å². The number of rotatable bonds is 7. The molecule has 5 heteroatoms. The summed E-state index contributed by atoms with van der Waals surface area (Å²) in [5, 5.41) is 8.69. The van der Waals surface area contributed by atoms with Crippen LogP contribution in [-0.4, -0.2) is 36.5 Å². The molecule has 0 N–H and O–H groups in total. The lowest BCUT2D eigenvalue weighted by Crippen LogP contribution is -2.34. The van der Waals surface area contributed by atoms with Gasteiger partial charge in [0, 0.05) is 18.7 Å². The second kappa shape index (κ2) is 8.75. The first kappa shape index (κ1) is 16.7. The fraction of sp³-hybridized carbons (Fsp3) is 0.438. The molecule has 0 aliphatic rings. The van der Waals surface area contributed by atoms with E-state index < -0.39 is 0 Å². The molecule has 0 spiro atoms. The Morgan fingerprint density at radius 2 is 2.10 bits per heavy atom. The van der Waals surface area contributed by atoms with Gasteiger partial charge in [-0.05, 0) is 26.0 Å². The minimum absolute atomic E-state index is 0.136. The molecule has 0 aliphatic carbocycles. The van der Waals surface area contributed by atoms with Gasteiger partial charge in [-0.15, -0.1) is 0 Å². The van der Waals surface area contributed by atoms with E-state index in [9.17, 15) is 9.59 Å². The van der Waals surface area contributed by atoms with Crippen molar-refractivity contribution in [2.24, 2.45) is 0 Å². The van der Waals surface area contributed by atoms with Crippen LogP contribution in [0.5, 0.6) is 0 Å². The molecule has 0 fully saturated rings. The molecular weight excluding hydrogens is 268 g/mol. The fourth-order valence-corrected chi connectivity index (χ4v) is 1.92. The Labute approximate surface area is 125 Å². The highest BCUT2D eigenvalue weighted by atomic mass is 16.5. The predicted octanol–water partition coefficient (Wildman–Crippen LogP) is 2.30. The van der Waals surface area contributed by atoms with Crippen LogP contribution in [0.25, 0.3) is 0 Å². The van der Waals surface area contributed by atoms with Crippen molar-refractivity contribution in [1.82, 2.24) is 4.90 Å². The lowest BCUT2D eigenvalue weighted by Gasteiger charge is -2.21.